The molecule has 0 unspecified atom stereocenters. The summed E-state index contributed by atoms with van der Waals surface area (Å²) in [5, 5.41) is 11.2. The molecule has 5 aromatic rings. The predicted octanol–water partition coefficient (Wildman–Crippen LogP) is 5.77. The Morgan fingerprint density at radius 3 is 2.09 bits per heavy atom. The molecule has 0 radical (unpaired) electrons. The number of hydrogen-bond acceptors (Lipinski definition) is 4. The lowest BCUT2D eigenvalue weighted by atomic mass is 9.95. The van der Waals surface area contributed by atoms with Gasteiger partial charge in [-0.1, -0.05) is 65.7 Å². The van der Waals surface area contributed by atoms with E-state index in [0.29, 0.717) is 32.9 Å². The zero-order valence-corrected chi connectivity index (χ0v) is 19.0. The highest BCUT2D eigenvalue weighted by Gasteiger charge is 2.26. The quantitative estimate of drug-likeness (QED) is 0.353. The lowest BCUT2D eigenvalue weighted by molar-refractivity contribution is 0.590. The number of anilines is 1. The van der Waals surface area contributed by atoms with Gasteiger partial charge < -0.3 is 5.73 Å². The Morgan fingerprint density at radius 2 is 1.45 bits per heavy atom. The molecule has 1 aromatic heterocycles. The van der Waals surface area contributed by atoms with Crippen molar-refractivity contribution in [3.63, 3.8) is 0 Å². The maximum Gasteiger partial charge on any atom is 0.268 e. The minimum atomic E-state index is -3.93. The number of hydrogen-bond donors (Lipinski definition) is 1. The highest BCUT2D eigenvalue weighted by molar-refractivity contribution is 7.90. The molecule has 0 aliphatic rings. The van der Waals surface area contributed by atoms with E-state index in [2.05, 4.69) is 6.07 Å². The minimum absolute atomic E-state index is 0.190. The van der Waals surface area contributed by atoms with Crippen LogP contribution in [-0.2, 0) is 10.0 Å². The van der Waals surface area contributed by atoms with E-state index in [-0.39, 0.29) is 10.6 Å². The van der Waals surface area contributed by atoms with Crippen molar-refractivity contribution in [1.82, 2.24) is 3.97 Å². The van der Waals surface area contributed by atoms with Crippen LogP contribution in [0.15, 0.2) is 83.8 Å². The van der Waals surface area contributed by atoms with Crippen molar-refractivity contribution in [3.8, 4) is 17.2 Å². The monoisotopic (exact) mass is 451 g/mol. The Kier molecular flexibility index (Phi) is 4.73. The van der Waals surface area contributed by atoms with E-state index in [4.69, 9.17) is 5.73 Å². The third-order valence-electron chi connectivity index (χ3n) is 5.99. The molecule has 162 valence electrons. The van der Waals surface area contributed by atoms with Gasteiger partial charge in [0, 0.05) is 16.3 Å². The first-order chi connectivity index (χ1) is 15.8. The van der Waals surface area contributed by atoms with Gasteiger partial charge in [-0.3, -0.25) is 0 Å². The van der Waals surface area contributed by atoms with Gasteiger partial charge in [-0.2, -0.15) is 5.26 Å². The highest BCUT2D eigenvalue weighted by atomic mass is 32.2. The van der Waals surface area contributed by atoms with Crippen LogP contribution < -0.4 is 5.73 Å². The van der Waals surface area contributed by atoms with Crippen molar-refractivity contribution in [2.24, 2.45) is 0 Å². The van der Waals surface area contributed by atoms with Crippen LogP contribution in [0.5, 0.6) is 0 Å². The zero-order valence-electron chi connectivity index (χ0n) is 18.2. The van der Waals surface area contributed by atoms with Gasteiger partial charge in [-0.15, -0.1) is 0 Å². The van der Waals surface area contributed by atoms with Crippen LogP contribution in [0.3, 0.4) is 0 Å². The smallest absolute Gasteiger partial charge is 0.268 e. The standard InChI is InChI=1S/C27H21N3O2S/c1-17-7-11-19(12-8-17)22-15-25-26(27(29)23(22)16-28)21-5-3-4-6-24(21)30(25)33(31,32)20-13-9-18(2)10-14-20/h3-15H,29H2,1-2H3. The van der Waals surface area contributed by atoms with Gasteiger partial charge in [0.25, 0.3) is 10.0 Å². The molecule has 5 rings (SSSR count). The van der Waals surface area contributed by atoms with Crippen molar-refractivity contribution in [3.05, 3.63) is 95.6 Å². The topological polar surface area (TPSA) is 88.9 Å². The molecule has 0 bridgehead atoms. The number of para-hydroxylation sites is 1. The van der Waals surface area contributed by atoms with Gasteiger partial charge in [0.2, 0.25) is 0 Å². The summed E-state index contributed by atoms with van der Waals surface area (Å²) in [5.41, 5.74) is 11.6. The van der Waals surface area contributed by atoms with Gasteiger partial charge in [-0.05, 0) is 43.7 Å². The summed E-state index contributed by atoms with van der Waals surface area (Å²) in [5.74, 6) is 0. The fourth-order valence-electron chi connectivity index (χ4n) is 4.28. The van der Waals surface area contributed by atoms with Crippen LogP contribution in [0.4, 0.5) is 5.69 Å². The van der Waals surface area contributed by atoms with E-state index in [1.165, 1.54) is 3.97 Å². The van der Waals surface area contributed by atoms with Crippen molar-refractivity contribution in [2.45, 2.75) is 18.7 Å². The van der Waals surface area contributed by atoms with E-state index in [1.54, 1.807) is 42.5 Å². The normalized spacial score (nSPS) is 11.7. The molecule has 0 spiro atoms. The number of aromatic nitrogens is 1. The molecule has 0 atom stereocenters. The molecule has 33 heavy (non-hydrogen) atoms. The summed E-state index contributed by atoms with van der Waals surface area (Å²) in [7, 11) is -3.93. The lowest BCUT2D eigenvalue weighted by Gasteiger charge is -2.13. The van der Waals surface area contributed by atoms with E-state index in [9.17, 15) is 13.7 Å². The fourth-order valence-corrected chi connectivity index (χ4v) is 5.79. The van der Waals surface area contributed by atoms with E-state index in [1.807, 2.05) is 50.2 Å². The van der Waals surface area contributed by atoms with Crippen LogP contribution in [0.1, 0.15) is 16.7 Å². The number of nitrogen functional groups attached to an aromatic ring is 1. The van der Waals surface area contributed by atoms with Crippen LogP contribution in [0, 0.1) is 25.2 Å². The van der Waals surface area contributed by atoms with E-state index >= 15 is 0 Å². The molecule has 5 nitrogen and oxygen atoms in total. The molecule has 0 saturated carbocycles. The molecule has 2 N–H and O–H groups in total. The highest BCUT2D eigenvalue weighted by Crippen LogP contribution is 2.41. The second-order valence-electron chi connectivity index (χ2n) is 8.18. The number of aryl methyl sites for hydroxylation is 2. The number of nitrogens with two attached hydrogens (primary N) is 1. The van der Waals surface area contributed by atoms with Crippen LogP contribution in [0.2, 0.25) is 0 Å². The first-order valence-electron chi connectivity index (χ1n) is 10.5. The van der Waals surface area contributed by atoms with E-state index in [0.717, 1.165) is 16.7 Å². The number of nitrogens with zero attached hydrogens (tertiary/aromatic N) is 2. The SMILES string of the molecule is Cc1ccc(-c2cc3c(c(N)c2C#N)c2ccccc2n3S(=O)(=O)c2ccc(C)cc2)cc1. The van der Waals surface area contributed by atoms with Crippen molar-refractivity contribution in [1.29, 1.82) is 5.26 Å². The zero-order chi connectivity index (χ0) is 23.3. The van der Waals surface area contributed by atoms with Crippen LogP contribution >= 0.6 is 0 Å². The number of rotatable bonds is 3. The first-order valence-corrected chi connectivity index (χ1v) is 11.9. The van der Waals surface area contributed by atoms with Crippen molar-refractivity contribution in [2.75, 3.05) is 5.73 Å². The predicted molar refractivity (Wildman–Crippen MR) is 133 cm³/mol. The summed E-state index contributed by atoms with van der Waals surface area (Å²) >= 11 is 0. The molecule has 0 aliphatic carbocycles. The molecule has 0 amide bonds. The fraction of sp³-hybridized carbons (Fsp3) is 0.0741. The molecular formula is C27H21N3O2S. The molecular weight excluding hydrogens is 430 g/mol. The third-order valence-corrected chi connectivity index (χ3v) is 7.73. The Bertz CT molecular complexity index is 1690. The largest absolute Gasteiger partial charge is 0.397 e. The summed E-state index contributed by atoms with van der Waals surface area (Å²) < 4.78 is 29.0. The second-order valence-corrected chi connectivity index (χ2v) is 9.97. The number of fused-ring (bicyclic) bond motifs is 3. The van der Waals surface area contributed by atoms with Crippen molar-refractivity contribution < 1.29 is 8.42 Å². The average Bonchev–Trinajstić information content (AvgIpc) is 3.15. The van der Waals surface area contributed by atoms with Crippen molar-refractivity contribution >= 4 is 37.5 Å². The summed E-state index contributed by atoms with van der Waals surface area (Å²) in [6.07, 6.45) is 0. The number of nitriles is 1. The van der Waals surface area contributed by atoms with Gasteiger partial charge in [0.1, 0.15) is 6.07 Å². The Hall–Kier alpha value is -4.08. The summed E-state index contributed by atoms with van der Waals surface area (Å²) in [4.78, 5) is 0.190. The molecule has 0 saturated heterocycles. The molecule has 0 aliphatic heterocycles. The van der Waals surface area contributed by atoms with Crippen LogP contribution in [-0.4, -0.2) is 12.4 Å². The minimum Gasteiger partial charge on any atom is -0.397 e. The van der Waals surface area contributed by atoms with Gasteiger partial charge >= 0.3 is 0 Å². The first kappa shape index (κ1) is 20.8. The Balaban J connectivity index is 1.94. The van der Waals surface area contributed by atoms with Crippen LogP contribution in [0.25, 0.3) is 32.9 Å². The summed E-state index contributed by atoms with van der Waals surface area (Å²) in [6.45, 7) is 3.90. The van der Waals surface area contributed by atoms with Gasteiger partial charge in [0.05, 0.1) is 27.2 Å². The van der Waals surface area contributed by atoms with Gasteiger partial charge in [0.15, 0.2) is 0 Å². The molecule has 0 fully saturated rings. The molecule has 6 heteroatoms. The average molecular weight is 452 g/mol. The molecule has 4 aromatic carbocycles. The number of benzene rings is 4. The maximum absolute atomic E-state index is 13.8. The molecule has 1 heterocycles. The maximum atomic E-state index is 13.8. The Labute approximate surface area is 192 Å². The van der Waals surface area contributed by atoms with Gasteiger partial charge in [-0.25, -0.2) is 12.4 Å². The lowest BCUT2D eigenvalue weighted by Crippen LogP contribution is -2.13. The third kappa shape index (κ3) is 3.17. The summed E-state index contributed by atoms with van der Waals surface area (Å²) in [6, 6.07) is 25.7. The van der Waals surface area contributed by atoms with E-state index < -0.39 is 10.0 Å². The second kappa shape index (κ2) is 7.51. The Morgan fingerprint density at radius 1 is 0.848 bits per heavy atom.